The number of nitrogens with zero attached hydrogens (tertiary/aromatic N) is 1. The van der Waals surface area contributed by atoms with Crippen molar-refractivity contribution in [1.29, 1.82) is 5.26 Å². The highest BCUT2D eigenvalue weighted by molar-refractivity contribution is 6.31. The lowest BCUT2D eigenvalue weighted by Crippen LogP contribution is -2.05. The molecule has 0 bridgehead atoms. The van der Waals surface area contributed by atoms with E-state index in [1.807, 2.05) is 0 Å². The van der Waals surface area contributed by atoms with Crippen molar-refractivity contribution in [3.8, 4) is 6.07 Å². The Bertz CT molecular complexity index is 426. The molecule has 0 aromatic heterocycles. The van der Waals surface area contributed by atoms with Crippen LogP contribution >= 0.6 is 11.6 Å². The first kappa shape index (κ1) is 10.5. The lowest BCUT2D eigenvalue weighted by molar-refractivity contribution is -0.136. The van der Waals surface area contributed by atoms with Gasteiger partial charge in [-0.1, -0.05) is 11.6 Å². The highest BCUT2D eigenvalue weighted by Crippen LogP contribution is 2.22. The SMILES string of the molecule is N#Cc1c(Cl)ccc(F)c1CC(=O)O. The maximum Gasteiger partial charge on any atom is 0.307 e. The molecule has 0 heterocycles. The Morgan fingerprint density at radius 3 is 2.79 bits per heavy atom. The summed E-state index contributed by atoms with van der Waals surface area (Å²) in [4.78, 5) is 10.4. The van der Waals surface area contributed by atoms with Crippen LogP contribution in [0.2, 0.25) is 5.02 Å². The van der Waals surface area contributed by atoms with Crippen molar-refractivity contribution in [1.82, 2.24) is 0 Å². The second-order valence-electron chi connectivity index (χ2n) is 2.57. The molecule has 0 unspecified atom stereocenters. The van der Waals surface area contributed by atoms with Crippen molar-refractivity contribution in [3.05, 3.63) is 34.1 Å². The minimum atomic E-state index is -1.21. The van der Waals surface area contributed by atoms with Gasteiger partial charge in [0.05, 0.1) is 17.0 Å². The quantitative estimate of drug-likeness (QED) is 0.817. The number of hydrogen-bond acceptors (Lipinski definition) is 2. The van der Waals surface area contributed by atoms with Gasteiger partial charge in [0, 0.05) is 5.56 Å². The smallest absolute Gasteiger partial charge is 0.307 e. The lowest BCUT2D eigenvalue weighted by atomic mass is 10.0. The molecule has 0 fully saturated rings. The first-order valence-electron chi connectivity index (χ1n) is 3.65. The molecule has 0 aliphatic rings. The van der Waals surface area contributed by atoms with E-state index in [0.29, 0.717) is 0 Å². The second-order valence-corrected chi connectivity index (χ2v) is 2.97. The van der Waals surface area contributed by atoms with E-state index in [9.17, 15) is 9.18 Å². The van der Waals surface area contributed by atoms with Gasteiger partial charge in [-0.25, -0.2) is 4.39 Å². The summed E-state index contributed by atoms with van der Waals surface area (Å²) in [6, 6.07) is 3.94. The van der Waals surface area contributed by atoms with E-state index in [0.717, 1.165) is 6.07 Å². The zero-order valence-electron chi connectivity index (χ0n) is 6.92. The average molecular weight is 214 g/mol. The third-order valence-electron chi connectivity index (χ3n) is 1.64. The largest absolute Gasteiger partial charge is 0.481 e. The fourth-order valence-electron chi connectivity index (χ4n) is 1.04. The Morgan fingerprint density at radius 1 is 1.64 bits per heavy atom. The molecule has 1 aromatic rings. The maximum absolute atomic E-state index is 13.1. The summed E-state index contributed by atoms with van der Waals surface area (Å²) in [5.74, 6) is -1.93. The van der Waals surface area contributed by atoms with Gasteiger partial charge in [-0.15, -0.1) is 0 Å². The number of benzene rings is 1. The lowest BCUT2D eigenvalue weighted by Gasteiger charge is -2.03. The van der Waals surface area contributed by atoms with Crippen LogP contribution in [-0.4, -0.2) is 11.1 Å². The molecule has 0 saturated heterocycles. The van der Waals surface area contributed by atoms with Gasteiger partial charge in [0.25, 0.3) is 0 Å². The summed E-state index contributed by atoms with van der Waals surface area (Å²) in [6.45, 7) is 0. The standard InChI is InChI=1S/C9H5ClFNO2/c10-7-1-2-8(11)5(3-9(13)14)6(7)4-12/h1-2H,3H2,(H,13,14). The van der Waals surface area contributed by atoms with Crippen LogP contribution in [0.3, 0.4) is 0 Å². The maximum atomic E-state index is 13.1. The van der Waals surface area contributed by atoms with Gasteiger partial charge < -0.3 is 5.11 Å². The van der Waals surface area contributed by atoms with Crippen LogP contribution in [0.15, 0.2) is 12.1 Å². The fourth-order valence-corrected chi connectivity index (χ4v) is 1.26. The number of carboxylic acids is 1. The second kappa shape index (κ2) is 4.07. The Balaban J connectivity index is 3.31. The van der Waals surface area contributed by atoms with Crippen LogP contribution in [0.4, 0.5) is 4.39 Å². The molecule has 0 saturated carbocycles. The van der Waals surface area contributed by atoms with Gasteiger partial charge >= 0.3 is 5.97 Å². The molecule has 1 N–H and O–H groups in total. The van der Waals surface area contributed by atoms with Gasteiger partial charge in [0.1, 0.15) is 11.9 Å². The number of rotatable bonds is 2. The minimum Gasteiger partial charge on any atom is -0.481 e. The van der Waals surface area contributed by atoms with Gasteiger partial charge in [-0.3, -0.25) is 4.79 Å². The van der Waals surface area contributed by atoms with Crippen molar-refractivity contribution in [3.63, 3.8) is 0 Å². The van der Waals surface area contributed by atoms with Crippen LogP contribution in [0.25, 0.3) is 0 Å². The summed E-state index contributed by atoms with van der Waals surface area (Å²) >= 11 is 5.60. The highest BCUT2D eigenvalue weighted by Gasteiger charge is 2.14. The molecular formula is C9H5ClFNO2. The van der Waals surface area contributed by atoms with E-state index in [1.165, 1.54) is 6.07 Å². The van der Waals surface area contributed by atoms with Crippen LogP contribution in [0.5, 0.6) is 0 Å². The number of carbonyl (C=O) groups is 1. The molecule has 1 rings (SSSR count). The highest BCUT2D eigenvalue weighted by atomic mass is 35.5. The Hall–Kier alpha value is -1.60. The van der Waals surface area contributed by atoms with Crippen molar-refractivity contribution < 1.29 is 14.3 Å². The Morgan fingerprint density at radius 2 is 2.29 bits per heavy atom. The molecule has 0 radical (unpaired) electrons. The van der Waals surface area contributed by atoms with E-state index < -0.39 is 18.2 Å². The molecule has 3 nitrogen and oxygen atoms in total. The van der Waals surface area contributed by atoms with Gasteiger partial charge in [0.15, 0.2) is 0 Å². The van der Waals surface area contributed by atoms with E-state index >= 15 is 0 Å². The number of carboxylic acid groups (broad SMARTS) is 1. The molecule has 14 heavy (non-hydrogen) atoms. The zero-order chi connectivity index (χ0) is 10.7. The van der Waals surface area contributed by atoms with Gasteiger partial charge in [-0.05, 0) is 12.1 Å². The fraction of sp³-hybridized carbons (Fsp3) is 0.111. The summed E-state index contributed by atoms with van der Waals surface area (Å²) < 4.78 is 13.1. The molecule has 1 aromatic carbocycles. The molecule has 0 spiro atoms. The molecule has 0 amide bonds. The van der Waals surface area contributed by atoms with Crippen LogP contribution in [-0.2, 0) is 11.2 Å². The topological polar surface area (TPSA) is 61.1 Å². The van der Waals surface area contributed by atoms with Crippen molar-refractivity contribution in [2.75, 3.05) is 0 Å². The average Bonchev–Trinajstić information content (AvgIpc) is 2.11. The monoisotopic (exact) mass is 213 g/mol. The van der Waals surface area contributed by atoms with E-state index in [4.69, 9.17) is 22.0 Å². The minimum absolute atomic E-state index is 0.0603. The molecule has 5 heteroatoms. The number of nitriles is 1. The molecule has 0 aliphatic carbocycles. The Kier molecular flexibility index (Phi) is 3.05. The molecule has 0 atom stereocenters. The Labute approximate surface area is 84.3 Å². The summed E-state index contributed by atoms with van der Waals surface area (Å²) in [5, 5.41) is 17.2. The van der Waals surface area contributed by atoms with Crippen molar-refractivity contribution >= 4 is 17.6 Å². The van der Waals surface area contributed by atoms with Crippen LogP contribution < -0.4 is 0 Å². The summed E-state index contributed by atoms with van der Waals surface area (Å²) in [6.07, 6.45) is -0.546. The number of hydrogen-bond donors (Lipinski definition) is 1. The first-order chi connectivity index (χ1) is 6.56. The molecule has 0 aliphatic heterocycles. The number of aliphatic carboxylic acids is 1. The van der Waals surface area contributed by atoms with E-state index in [-0.39, 0.29) is 16.1 Å². The molecule has 72 valence electrons. The van der Waals surface area contributed by atoms with Gasteiger partial charge in [-0.2, -0.15) is 5.26 Å². The third-order valence-corrected chi connectivity index (χ3v) is 1.96. The van der Waals surface area contributed by atoms with Crippen molar-refractivity contribution in [2.45, 2.75) is 6.42 Å². The predicted octanol–water partition coefficient (Wildman–Crippen LogP) is 1.98. The summed E-state index contributed by atoms with van der Waals surface area (Å²) in [7, 11) is 0. The summed E-state index contributed by atoms with van der Waals surface area (Å²) in [5.41, 5.74) is -0.290. The normalized spacial score (nSPS) is 9.50. The van der Waals surface area contributed by atoms with Crippen molar-refractivity contribution in [2.24, 2.45) is 0 Å². The first-order valence-corrected chi connectivity index (χ1v) is 4.03. The molecular weight excluding hydrogens is 209 g/mol. The van der Waals surface area contributed by atoms with Crippen LogP contribution in [0.1, 0.15) is 11.1 Å². The third kappa shape index (κ3) is 2.01. The van der Waals surface area contributed by atoms with Crippen LogP contribution in [0, 0.1) is 17.1 Å². The van der Waals surface area contributed by atoms with Gasteiger partial charge in [0.2, 0.25) is 0 Å². The predicted molar refractivity (Wildman–Crippen MR) is 47.5 cm³/mol. The van der Waals surface area contributed by atoms with E-state index in [1.54, 1.807) is 6.07 Å². The zero-order valence-corrected chi connectivity index (χ0v) is 7.68. The van der Waals surface area contributed by atoms with E-state index in [2.05, 4.69) is 0 Å². The number of halogens is 2.